The minimum atomic E-state index is -0.194. The number of nitrogens with one attached hydrogen (secondary N) is 1. The van der Waals surface area contributed by atoms with Crippen LogP contribution in [0.15, 0.2) is 34.9 Å². The van der Waals surface area contributed by atoms with Crippen molar-refractivity contribution < 1.29 is 13.7 Å². The molecule has 0 radical (unpaired) electrons. The summed E-state index contributed by atoms with van der Waals surface area (Å²) in [6.45, 7) is 2.90. The van der Waals surface area contributed by atoms with E-state index >= 15 is 0 Å². The average Bonchev–Trinajstić information content (AvgIpc) is 3.29. The number of benzene rings is 1. The fourth-order valence-corrected chi connectivity index (χ4v) is 2.55. The maximum absolute atomic E-state index is 13.8. The number of aryl methyl sites for hydroxylation is 1. The largest absolute Gasteiger partial charge is 0.360 e. The van der Waals surface area contributed by atoms with E-state index in [4.69, 9.17) is 4.52 Å². The smallest absolute Gasteiger partial charge is 0.226 e. The van der Waals surface area contributed by atoms with E-state index in [2.05, 4.69) is 15.4 Å². The molecule has 2 aromatic rings. The molecule has 1 N–H and O–H groups in total. The van der Waals surface area contributed by atoms with Gasteiger partial charge in [-0.25, -0.2) is 4.39 Å². The zero-order valence-corrected chi connectivity index (χ0v) is 13.1. The van der Waals surface area contributed by atoms with Crippen molar-refractivity contribution in [2.75, 3.05) is 11.9 Å². The Morgan fingerprint density at radius 2 is 2.22 bits per heavy atom. The summed E-state index contributed by atoms with van der Waals surface area (Å²) in [7, 11) is 0. The maximum atomic E-state index is 13.8. The second kappa shape index (κ2) is 6.91. The van der Waals surface area contributed by atoms with Gasteiger partial charge in [0.1, 0.15) is 11.6 Å². The lowest BCUT2D eigenvalue weighted by atomic mass is 10.2. The van der Waals surface area contributed by atoms with Gasteiger partial charge in [0.15, 0.2) is 5.82 Å². The Morgan fingerprint density at radius 3 is 2.87 bits per heavy atom. The van der Waals surface area contributed by atoms with Crippen molar-refractivity contribution in [2.45, 2.75) is 38.8 Å². The van der Waals surface area contributed by atoms with Gasteiger partial charge >= 0.3 is 0 Å². The molecule has 122 valence electrons. The monoisotopic (exact) mass is 317 g/mol. The van der Waals surface area contributed by atoms with Crippen molar-refractivity contribution >= 4 is 11.7 Å². The van der Waals surface area contributed by atoms with Crippen molar-refractivity contribution in [3.63, 3.8) is 0 Å². The van der Waals surface area contributed by atoms with E-state index in [0.29, 0.717) is 42.7 Å². The molecule has 0 unspecified atom stereocenters. The quantitative estimate of drug-likeness (QED) is 0.852. The summed E-state index contributed by atoms with van der Waals surface area (Å²) >= 11 is 0. The number of aromatic nitrogens is 1. The molecule has 1 fully saturated rings. The van der Waals surface area contributed by atoms with Crippen molar-refractivity contribution in [3.05, 3.63) is 47.5 Å². The summed E-state index contributed by atoms with van der Waals surface area (Å²) < 4.78 is 18.7. The van der Waals surface area contributed by atoms with Gasteiger partial charge in [-0.15, -0.1) is 0 Å². The molecule has 1 aromatic heterocycles. The van der Waals surface area contributed by atoms with Crippen LogP contribution >= 0.6 is 0 Å². The summed E-state index contributed by atoms with van der Waals surface area (Å²) in [5.41, 5.74) is 0.673. The maximum Gasteiger partial charge on any atom is 0.226 e. The number of carbonyl (C=O) groups excluding carboxylic acids is 1. The van der Waals surface area contributed by atoms with Crippen LogP contribution in [0.25, 0.3) is 0 Å². The van der Waals surface area contributed by atoms with Crippen LogP contribution in [-0.2, 0) is 11.3 Å². The van der Waals surface area contributed by atoms with Crippen molar-refractivity contribution in [1.29, 1.82) is 0 Å². The first kappa shape index (κ1) is 15.7. The Labute approximate surface area is 134 Å². The molecule has 1 saturated carbocycles. The molecule has 6 heteroatoms. The van der Waals surface area contributed by atoms with Gasteiger partial charge in [0.05, 0.1) is 0 Å². The summed E-state index contributed by atoms with van der Waals surface area (Å²) in [4.78, 5) is 14.2. The molecule has 0 bridgehead atoms. The molecule has 1 amide bonds. The van der Waals surface area contributed by atoms with E-state index < -0.39 is 0 Å². The van der Waals surface area contributed by atoms with Gasteiger partial charge in [0.2, 0.25) is 5.91 Å². The molecular formula is C17H20FN3O2. The number of hydrogen-bond acceptors (Lipinski definition) is 4. The number of carbonyl (C=O) groups is 1. The SMILES string of the molecule is Cc1cc(NC(=O)CCN(Cc2ccccc2F)C2CC2)no1. The highest BCUT2D eigenvalue weighted by molar-refractivity contribution is 5.89. The second-order valence-electron chi connectivity index (χ2n) is 5.91. The summed E-state index contributed by atoms with van der Waals surface area (Å²) in [5.74, 6) is 0.775. The van der Waals surface area contributed by atoms with Gasteiger partial charge in [0, 0.05) is 37.2 Å². The van der Waals surface area contributed by atoms with Crippen LogP contribution in [0.5, 0.6) is 0 Å². The van der Waals surface area contributed by atoms with Crippen LogP contribution in [0, 0.1) is 12.7 Å². The highest BCUT2D eigenvalue weighted by Gasteiger charge is 2.29. The number of hydrogen-bond donors (Lipinski definition) is 1. The van der Waals surface area contributed by atoms with Gasteiger partial charge < -0.3 is 9.84 Å². The highest BCUT2D eigenvalue weighted by atomic mass is 19.1. The van der Waals surface area contributed by atoms with Crippen LogP contribution in [0.4, 0.5) is 10.2 Å². The number of rotatable bonds is 7. The Bertz CT molecular complexity index is 682. The van der Waals surface area contributed by atoms with Crippen molar-refractivity contribution in [1.82, 2.24) is 10.1 Å². The van der Waals surface area contributed by atoms with E-state index in [1.165, 1.54) is 6.07 Å². The number of halogens is 1. The number of amides is 1. The third kappa shape index (κ3) is 4.39. The molecular weight excluding hydrogens is 297 g/mol. The normalized spacial score (nSPS) is 14.2. The molecule has 0 saturated heterocycles. The predicted molar refractivity (Wildman–Crippen MR) is 84.3 cm³/mol. The lowest BCUT2D eigenvalue weighted by Crippen LogP contribution is -2.30. The number of nitrogens with zero attached hydrogens (tertiary/aromatic N) is 2. The van der Waals surface area contributed by atoms with Gasteiger partial charge in [-0.05, 0) is 25.8 Å². The Hall–Kier alpha value is -2.21. The predicted octanol–water partition coefficient (Wildman–Crippen LogP) is 3.12. The highest BCUT2D eigenvalue weighted by Crippen LogP contribution is 2.28. The number of anilines is 1. The minimum absolute atomic E-state index is 0.113. The van der Waals surface area contributed by atoms with E-state index in [0.717, 1.165) is 12.8 Å². The Balaban J connectivity index is 1.53. The van der Waals surface area contributed by atoms with E-state index in [9.17, 15) is 9.18 Å². The van der Waals surface area contributed by atoms with Crippen LogP contribution < -0.4 is 5.32 Å². The Kier molecular flexibility index (Phi) is 4.71. The first-order chi connectivity index (χ1) is 11.1. The molecule has 3 rings (SSSR count). The molecule has 0 spiro atoms. The fraction of sp³-hybridized carbons (Fsp3) is 0.412. The van der Waals surface area contributed by atoms with Crippen LogP contribution in [0.1, 0.15) is 30.6 Å². The van der Waals surface area contributed by atoms with Crippen LogP contribution in [-0.4, -0.2) is 28.6 Å². The molecule has 0 aliphatic heterocycles. The van der Waals surface area contributed by atoms with E-state index in [1.54, 1.807) is 25.1 Å². The summed E-state index contributed by atoms with van der Waals surface area (Å²) in [6, 6.07) is 8.92. The van der Waals surface area contributed by atoms with Crippen LogP contribution in [0.3, 0.4) is 0 Å². The molecule has 1 aliphatic rings. The molecule has 0 atom stereocenters. The zero-order valence-electron chi connectivity index (χ0n) is 13.1. The van der Waals surface area contributed by atoms with Crippen LogP contribution in [0.2, 0.25) is 0 Å². The third-order valence-electron chi connectivity index (χ3n) is 3.92. The first-order valence-electron chi connectivity index (χ1n) is 7.82. The van der Waals surface area contributed by atoms with Gasteiger partial charge in [-0.1, -0.05) is 23.4 Å². The minimum Gasteiger partial charge on any atom is -0.360 e. The van der Waals surface area contributed by atoms with Crippen molar-refractivity contribution in [2.24, 2.45) is 0 Å². The van der Waals surface area contributed by atoms with Gasteiger partial charge in [-0.2, -0.15) is 0 Å². The standard InChI is InChI=1S/C17H20FN3O2/c1-12-10-16(20-23-12)19-17(22)8-9-21(14-6-7-14)11-13-4-2-3-5-15(13)18/h2-5,10,14H,6-9,11H2,1H3,(H,19,20,22). The van der Waals surface area contributed by atoms with Gasteiger partial charge in [-0.3, -0.25) is 9.69 Å². The lowest BCUT2D eigenvalue weighted by Gasteiger charge is -2.22. The topological polar surface area (TPSA) is 58.4 Å². The zero-order chi connectivity index (χ0) is 16.2. The summed E-state index contributed by atoms with van der Waals surface area (Å²) in [6.07, 6.45) is 2.56. The molecule has 1 heterocycles. The fourth-order valence-electron chi connectivity index (χ4n) is 2.55. The molecule has 5 nitrogen and oxygen atoms in total. The first-order valence-corrected chi connectivity index (χ1v) is 7.82. The lowest BCUT2D eigenvalue weighted by molar-refractivity contribution is -0.116. The second-order valence-corrected chi connectivity index (χ2v) is 5.91. The summed E-state index contributed by atoms with van der Waals surface area (Å²) in [5, 5.41) is 6.45. The Morgan fingerprint density at radius 1 is 1.43 bits per heavy atom. The van der Waals surface area contributed by atoms with Crippen molar-refractivity contribution in [3.8, 4) is 0 Å². The average molecular weight is 317 g/mol. The molecule has 1 aromatic carbocycles. The van der Waals surface area contributed by atoms with Gasteiger partial charge in [0.25, 0.3) is 0 Å². The third-order valence-corrected chi connectivity index (χ3v) is 3.92. The molecule has 1 aliphatic carbocycles. The van der Waals surface area contributed by atoms with E-state index in [1.807, 2.05) is 6.07 Å². The van der Waals surface area contributed by atoms with E-state index in [-0.39, 0.29) is 11.7 Å². The molecule has 23 heavy (non-hydrogen) atoms.